The molecule has 1 saturated heterocycles. The summed E-state index contributed by atoms with van der Waals surface area (Å²) in [6, 6.07) is -0.106. The Bertz CT molecular complexity index is 715. The van der Waals surface area contributed by atoms with Crippen molar-refractivity contribution < 1.29 is 22.7 Å². The van der Waals surface area contributed by atoms with Crippen LogP contribution in [0.1, 0.15) is 51.4 Å². The van der Waals surface area contributed by atoms with Crippen LogP contribution in [0.5, 0.6) is 0 Å². The average molecular weight is 396 g/mol. The summed E-state index contributed by atoms with van der Waals surface area (Å²) < 4.78 is 29.1. The van der Waals surface area contributed by atoms with Crippen molar-refractivity contribution in [2.75, 3.05) is 18.1 Å². The highest BCUT2D eigenvalue weighted by molar-refractivity contribution is 7.91. The minimum atomic E-state index is -3.04. The van der Waals surface area contributed by atoms with E-state index >= 15 is 0 Å². The molecular weight excluding hydrogens is 366 g/mol. The van der Waals surface area contributed by atoms with Gasteiger partial charge in [-0.1, -0.05) is 0 Å². The number of ether oxygens (including phenoxy) is 1. The number of sulfone groups is 1. The van der Waals surface area contributed by atoms with E-state index in [0.717, 1.165) is 50.4 Å². The lowest BCUT2D eigenvalue weighted by Crippen LogP contribution is -2.49. The number of hydrogen-bond acceptors (Lipinski definition) is 5. The quantitative estimate of drug-likeness (QED) is 0.663. The Labute approximate surface area is 160 Å². The first kappa shape index (κ1) is 18.0. The lowest BCUT2D eigenvalue weighted by atomic mass is 9.52. The first-order valence-corrected chi connectivity index (χ1v) is 12.4. The number of carbonyl (C=O) groups excluding carboxylic acids is 2. The van der Waals surface area contributed by atoms with Crippen molar-refractivity contribution >= 4 is 21.7 Å². The van der Waals surface area contributed by atoms with Gasteiger partial charge in [0, 0.05) is 12.1 Å². The number of esters is 1. The zero-order valence-corrected chi connectivity index (χ0v) is 16.5. The molecule has 1 heterocycles. The number of amides is 1. The minimum Gasteiger partial charge on any atom is -0.455 e. The fourth-order valence-corrected chi connectivity index (χ4v) is 8.38. The zero-order valence-electron chi connectivity index (χ0n) is 15.7. The van der Waals surface area contributed by atoms with E-state index in [-0.39, 0.29) is 48.0 Å². The minimum absolute atomic E-state index is 0.0215. The van der Waals surface area contributed by atoms with Gasteiger partial charge in [0.2, 0.25) is 0 Å². The van der Waals surface area contributed by atoms with Crippen LogP contribution in [0.25, 0.3) is 0 Å². The second-order valence-corrected chi connectivity index (χ2v) is 11.9. The molecule has 6 nitrogen and oxygen atoms in total. The second kappa shape index (κ2) is 6.46. The summed E-state index contributed by atoms with van der Waals surface area (Å²) in [5.74, 6) is 2.28. The van der Waals surface area contributed by atoms with Gasteiger partial charge in [0.05, 0.1) is 17.4 Å². The number of hydrogen-bond donors (Lipinski definition) is 0. The molecular formula is C20H29NO5S. The normalized spacial score (nSPS) is 41.5. The van der Waals surface area contributed by atoms with E-state index in [1.807, 2.05) is 0 Å². The molecule has 0 radical (unpaired) electrons. The van der Waals surface area contributed by atoms with Crippen molar-refractivity contribution in [2.45, 2.75) is 63.5 Å². The third-order valence-corrected chi connectivity index (χ3v) is 9.42. The molecule has 0 spiro atoms. The van der Waals surface area contributed by atoms with Gasteiger partial charge < -0.3 is 9.64 Å². The Morgan fingerprint density at radius 2 is 1.52 bits per heavy atom. The molecule has 0 unspecified atom stereocenters. The lowest BCUT2D eigenvalue weighted by Gasteiger charge is -2.53. The highest BCUT2D eigenvalue weighted by atomic mass is 32.2. The van der Waals surface area contributed by atoms with E-state index in [1.54, 1.807) is 4.90 Å². The zero-order chi connectivity index (χ0) is 18.8. The van der Waals surface area contributed by atoms with Gasteiger partial charge in [-0.2, -0.15) is 0 Å². The fourth-order valence-electron chi connectivity index (χ4n) is 6.67. The van der Waals surface area contributed by atoms with Gasteiger partial charge >= 0.3 is 5.97 Å². The van der Waals surface area contributed by atoms with Crippen molar-refractivity contribution in [2.24, 2.45) is 29.6 Å². The van der Waals surface area contributed by atoms with Crippen LogP contribution >= 0.6 is 0 Å². The summed E-state index contributed by atoms with van der Waals surface area (Å²) in [5, 5.41) is 0. The number of carbonyl (C=O) groups is 2. The van der Waals surface area contributed by atoms with Crippen LogP contribution in [-0.4, -0.2) is 55.4 Å². The maximum Gasteiger partial charge on any atom is 0.310 e. The Balaban J connectivity index is 1.20. The molecule has 0 N–H and O–H groups in total. The molecule has 1 atom stereocenters. The third kappa shape index (κ3) is 3.40. The Kier molecular flexibility index (Phi) is 4.30. The van der Waals surface area contributed by atoms with E-state index in [2.05, 4.69) is 0 Å². The van der Waals surface area contributed by atoms with Crippen molar-refractivity contribution in [3.63, 3.8) is 0 Å². The molecule has 27 heavy (non-hydrogen) atoms. The smallest absolute Gasteiger partial charge is 0.310 e. The topological polar surface area (TPSA) is 80.8 Å². The molecule has 7 heteroatoms. The van der Waals surface area contributed by atoms with Crippen molar-refractivity contribution in [3.05, 3.63) is 0 Å². The lowest BCUT2D eigenvalue weighted by molar-refractivity contribution is -0.167. The summed E-state index contributed by atoms with van der Waals surface area (Å²) in [6.45, 7) is -0.228. The average Bonchev–Trinajstić information content (AvgIpc) is 3.35. The van der Waals surface area contributed by atoms with Gasteiger partial charge in [0.1, 0.15) is 0 Å². The van der Waals surface area contributed by atoms with Gasteiger partial charge in [-0.25, -0.2) is 8.42 Å². The van der Waals surface area contributed by atoms with Crippen LogP contribution < -0.4 is 0 Å². The maximum absolute atomic E-state index is 12.8. The molecule has 5 saturated carbocycles. The number of nitrogens with zero attached hydrogens (tertiary/aromatic N) is 1. The van der Waals surface area contributed by atoms with E-state index in [9.17, 15) is 18.0 Å². The molecule has 1 aliphatic heterocycles. The van der Waals surface area contributed by atoms with Crippen LogP contribution in [0, 0.1) is 29.6 Å². The van der Waals surface area contributed by atoms with E-state index < -0.39 is 9.84 Å². The van der Waals surface area contributed by atoms with Crippen molar-refractivity contribution in [3.8, 4) is 0 Å². The monoisotopic (exact) mass is 395 g/mol. The van der Waals surface area contributed by atoms with E-state index in [0.29, 0.717) is 18.3 Å². The van der Waals surface area contributed by atoms with Crippen LogP contribution in [0.15, 0.2) is 0 Å². The third-order valence-electron chi connectivity index (χ3n) is 7.67. The second-order valence-electron chi connectivity index (χ2n) is 9.65. The highest BCUT2D eigenvalue weighted by Crippen LogP contribution is 2.56. The molecule has 6 aliphatic rings. The fraction of sp³-hybridized carbons (Fsp3) is 0.900. The predicted octanol–water partition coefficient (Wildman–Crippen LogP) is 1.78. The largest absolute Gasteiger partial charge is 0.455 e. The predicted molar refractivity (Wildman–Crippen MR) is 98.4 cm³/mol. The standard InChI is InChI=1S/C20H29NO5S/c22-18(21(16-1-2-16)17-3-4-27(24,25)11-17)10-26-20(23)19-14-6-12-5-13(8-14)9-15(19)7-12/h12-17,19H,1-11H2/t12?,13?,14?,15?,17-,19?/m0/s1. The highest BCUT2D eigenvalue weighted by Gasteiger charge is 2.51. The molecule has 0 aromatic rings. The maximum atomic E-state index is 12.8. The van der Waals surface area contributed by atoms with Gasteiger partial charge in [0.25, 0.3) is 5.91 Å². The first-order valence-electron chi connectivity index (χ1n) is 10.6. The molecule has 1 amide bonds. The van der Waals surface area contributed by atoms with Gasteiger partial charge in [-0.05, 0) is 75.0 Å². The number of rotatable bonds is 5. The molecule has 6 rings (SSSR count). The molecule has 6 fully saturated rings. The van der Waals surface area contributed by atoms with E-state index in [4.69, 9.17) is 4.74 Å². The van der Waals surface area contributed by atoms with Crippen molar-refractivity contribution in [1.29, 1.82) is 0 Å². The van der Waals surface area contributed by atoms with Crippen molar-refractivity contribution in [1.82, 2.24) is 4.90 Å². The summed E-state index contributed by atoms with van der Waals surface area (Å²) in [6.07, 6.45) is 8.28. The molecule has 5 aliphatic carbocycles. The Morgan fingerprint density at radius 3 is 2.04 bits per heavy atom. The Hall–Kier alpha value is -1.11. The van der Waals surface area contributed by atoms with Crippen LogP contribution in [-0.2, 0) is 24.2 Å². The first-order chi connectivity index (χ1) is 12.9. The van der Waals surface area contributed by atoms with E-state index in [1.165, 1.54) is 6.42 Å². The van der Waals surface area contributed by atoms with Gasteiger partial charge in [-0.15, -0.1) is 0 Å². The SMILES string of the molecule is O=C(OCC(=O)N(C1CC1)[C@H]1CCS(=O)(=O)C1)C1C2CC3CC(C2)CC1C3. The van der Waals surface area contributed by atoms with Gasteiger partial charge in [0.15, 0.2) is 16.4 Å². The molecule has 0 aromatic heterocycles. The summed E-state index contributed by atoms with van der Waals surface area (Å²) in [5.41, 5.74) is 0. The van der Waals surface area contributed by atoms with Crippen LogP contribution in [0.4, 0.5) is 0 Å². The molecule has 150 valence electrons. The summed E-state index contributed by atoms with van der Waals surface area (Å²) >= 11 is 0. The summed E-state index contributed by atoms with van der Waals surface area (Å²) in [4.78, 5) is 27.3. The Morgan fingerprint density at radius 1 is 0.889 bits per heavy atom. The van der Waals surface area contributed by atoms with Crippen LogP contribution in [0.3, 0.4) is 0 Å². The molecule has 0 aromatic carbocycles. The summed E-state index contributed by atoms with van der Waals surface area (Å²) in [7, 11) is -3.04. The molecule has 4 bridgehead atoms. The van der Waals surface area contributed by atoms with Crippen LogP contribution in [0.2, 0.25) is 0 Å². The van der Waals surface area contributed by atoms with Gasteiger partial charge in [-0.3, -0.25) is 9.59 Å².